The number of carboxylic acid groups (broad SMARTS) is 1. The molecule has 0 radical (unpaired) electrons. The van der Waals surface area contributed by atoms with Crippen molar-refractivity contribution in [1.82, 2.24) is 0 Å². The van der Waals surface area contributed by atoms with Gasteiger partial charge in [-0.3, -0.25) is 9.59 Å². The molecule has 5 unspecified atom stereocenters. The number of aliphatic carboxylic acids is 1. The van der Waals surface area contributed by atoms with E-state index in [4.69, 9.17) is 4.74 Å². The highest BCUT2D eigenvalue weighted by Gasteiger charge is 2.66. The van der Waals surface area contributed by atoms with Gasteiger partial charge in [0.2, 0.25) is 0 Å². The Hall–Kier alpha value is -1.16. The first-order valence-corrected chi connectivity index (χ1v) is 8.31. The smallest absolute Gasteiger partial charge is 0.309 e. The van der Waals surface area contributed by atoms with Crippen LogP contribution in [0.5, 0.6) is 0 Å². The number of allylic oxidation sites excluding steroid dienone is 1. The van der Waals surface area contributed by atoms with Crippen LogP contribution in [0.4, 0.5) is 0 Å². The van der Waals surface area contributed by atoms with E-state index in [1.165, 1.54) is 0 Å². The lowest BCUT2D eigenvalue weighted by atomic mass is 9.46. The molecule has 0 aromatic rings. The van der Waals surface area contributed by atoms with E-state index < -0.39 is 11.4 Å². The average molecular weight is 306 g/mol. The number of carbonyl (C=O) groups excluding carboxylic acids is 1. The van der Waals surface area contributed by atoms with Gasteiger partial charge in [-0.2, -0.15) is 0 Å². The molecule has 2 aliphatic carbocycles. The highest BCUT2D eigenvalue weighted by Crippen LogP contribution is 2.65. The molecule has 0 aromatic heterocycles. The van der Waals surface area contributed by atoms with Crippen LogP contribution in [0.1, 0.15) is 52.9 Å². The second-order valence-corrected chi connectivity index (χ2v) is 7.97. The molecular weight excluding hydrogens is 280 g/mol. The van der Waals surface area contributed by atoms with Crippen LogP contribution in [-0.2, 0) is 14.3 Å². The van der Waals surface area contributed by atoms with Crippen molar-refractivity contribution in [2.75, 3.05) is 6.61 Å². The fraction of sp³-hybridized carbons (Fsp3) is 0.778. The van der Waals surface area contributed by atoms with Crippen LogP contribution in [0, 0.1) is 22.7 Å². The lowest BCUT2D eigenvalue weighted by Gasteiger charge is -2.57. The van der Waals surface area contributed by atoms with E-state index in [0.29, 0.717) is 0 Å². The normalized spacial score (nSPS) is 47.4. The molecule has 1 saturated heterocycles. The summed E-state index contributed by atoms with van der Waals surface area (Å²) in [6, 6.07) is 0. The molecule has 4 nitrogen and oxygen atoms in total. The average Bonchev–Trinajstić information content (AvgIpc) is 3.17. The standard InChI is InChI=1S/C18H26O4/c1-12(19)5-6-14-16(2)8-4-9-17(3,15(20)21)13(16)7-10-18(14)11-22-18/h5-6,13-14H,4,7-11H2,1-3H3,(H,20,21). The van der Waals surface area contributed by atoms with E-state index in [1.807, 2.05) is 13.0 Å². The molecule has 5 atom stereocenters. The summed E-state index contributed by atoms with van der Waals surface area (Å²) < 4.78 is 5.81. The van der Waals surface area contributed by atoms with Gasteiger partial charge in [0.1, 0.15) is 0 Å². The molecular formula is C18H26O4. The SMILES string of the molecule is CC(=O)C=CC1C2(CCC3C(C)(C(=O)O)CCCC13C)CO2. The third-order valence-electron chi connectivity index (χ3n) is 6.64. The third kappa shape index (κ3) is 2.15. The second kappa shape index (κ2) is 4.92. The van der Waals surface area contributed by atoms with Gasteiger partial charge < -0.3 is 9.84 Å². The molecule has 0 aromatic carbocycles. The minimum Gasteiger partial charge on any atom is -0.481 e. The lowest BCUT2D eigenvalue weighted by molar-refractivity contribution is -0.168. The number of hydrogen-bond donors (Lipinski definition) is 1. The number of carboxylic acids is 1. The topological polar surface area (TPSA) is 66.9 Å². The summed E-state index contributed by atoms with van der Waals surface area (Å²) in [6.45, 7) is 6.43. The molecule has 1 aliphatic heterocycles. The van der Waals surface area contributed by atoms with Crippen molar-refractivity contribution in [1.29, 1.82) is 0 Å². The molecule has 2 saturated carbocycles. The van der Waals surface area contributed by atoms with Crippen molar-refractivity contribution in [3.8, 4) is 0 Å². The Labute approximate surface area is 131 Å². The molecule has 0 bridgehead atoms. The Balaban J connectivity index is 2.00. The van der Waals surface area contributed by atoms with Crippen LogP contribution < -0.4 is 0 Å². The molecule has 1 spiro atoms. The Morgan fingerprint density at radius 1 is 1.23 bits per heavy atom. The van der Waals surface area contributed by atoms with Crippen molar-refractivity contribution in [2.45, 2.75) is 58.5 Å². The predicted molar refractivity (Wildman–Crippen MR) is 82.4 cm³/mol. The van der Waals surface area contributed by atoms with Gasteiger partial charge >= 0.3 is 5.97 Å². The maximum atomic E-state index is 11.9. The molecule has 1 heterocycles. The highest BCUT2D eigenvalue weighted by atomic mass is 16.6. The summed E-state index contributed by atoms with van der Waals surface area (Å²) in [7, 11) is 0. The van der Waals surface area contributed by atoms with Crippen molar-refractivity contribution in [2.24, 2.45) is 22.7 Å². The zero-order chi connectivity index (χ0) is 16.2. The molecule has 0 amide bonds. The summed E-state index contributed by atoms with van der Waals surface area (Å²) in [4.78, 5) is 23.3. The summed E-state index contributed by atoms with van der Waals surface area (Å²) in [5.74, 6) is -0.354. The minimum atomic E-state index is -0.676. The summed E-state index contributed by atoms with van der Waals surface area (Å²) in [5, 5.41) is 9.80. The van der Waals surface area contributed by atoms with Crippen LogP contribution in [0.15, 0.2) is 12.2 Å². The van der Waals surface area contributed by atoms with Gasteiger partial charge in [-0.25, -0.2) is 0 Å². The number of epoxide rings is 1. The van der Waals surface area contributed by atoms with Crippen LogP contribution in [0.3, 0.4) is 0 Å². The number of carbonyl (C=O) groups is 2. The Morgan fingerprint density at radius 3 is 2.45 bits per heavy atom. The molecule has 3 fully saturated rings. The molecule has 3 aliphatic rings. The van der Waals surface area contributed by atoms with Gasteiger partial charge in [-0.05, 0) is 56.9 Å². The largest absolute Gasteiger partial charge is 0.481 e. The van der Waals surface area contributed by atoms with E-state index in [0.717, 1.165) is 38.7 Å². The number of ether oxygens (including phenoxy) is 1. The van der Waals surface area contributed by atoms with Gasteiger partial charge in [0.25, 0.3) is 0 Å². The molecule has 4 heteroatoms. The van der Waals surface area contributed by atoms with Gasteiger partial charge in [-0.1, -0.05) is 19.4 Å². The summed E-state index contributed by atoms with van der Waals surface area (Å²) >= 11 is 0. The van der Waals surface area contributed by atoms with Crippen molar-refractivity contribution in [3.63, 3.8) is 0 Å². The van der Waals surface area contributed by atoms with Gasteiger partial charge in [0, 0.05) is 5.92 Å². The second-order valence-electron chi connectivity index (χ2n) is 7.97. The maximum Gasteiger partial charge on any atom is 0.309 e. The fourth-order valence-corrected chi connectivity index (χ4v) is 5.38. The van der Waals surface area contributed by atoms with E-state index in [9.17, 15) is 14.7 Å². The summed E-state index contributed by atoms with van der Waals surface area (Å²) in [5.41, 5.74) is -0.911. The molecule has 3 rings (SSSR count). The molecule has 122 valence electrons. The van der Waals surface area contributed by atoms with E-state index in [2.05, 4.69) is 6.92 Å². The number of hydrogen-bond acceptors (Lipinski definition) is 3. The zero-order valence-electron chi connectivity index (χ0n) is 13.7. The van der Waals surface area contributed by atoms with E-state index in [1.54, 1.807) is 13.0 Å². The van der Waals surface area contributed by atoms with Crippen LogP contribution >= 0.6 is 0 Å². The third-order valence-corrected chi connectivity index (χ3v) is 6.64. The van der Waals surface area contributed by atoms with Crippen molar-refractivity contribution >= 4 is 11.8 Å². The quantitative estimate of drug-likeness (QED) is 0.642. The zero-order valence-corrected chi connectivity index (χ0v) is 13.7. The van der Waals surface area contributed by atoms with Crippen molar-refractivity contribution < 1.29 is 19.4 Å². The van der Waals surface area contributed by atoms with Crippen LogP contribution in [-0.4, -0.2) is 29.1 Å². The first-order valence-electron chi connectivity index (χ1n) is 8.31. The lowest BCUT2D eigenvalue weighted by Crippen LogP contribution is -2.56. The number of ketones is 1. The first-order chi connectivity index (χ1) is 10.2. The van der Waals surface area contributed by atoms with Crippen molar-refractivity contribution in [3.05, 3.63) is 12.2 Å². The van der Waals surface area contributed by atoms with Crippen LogP contribution in [0.2, 0.25) is 0 Å². The molecule has 1 N–H and O–H groups in total. The van der Waals surface area contributed by atoms with Crippen LogP contribution in [0.25, 0.3) is 0 Å². The first kappa shape index (κ1) is 15.7. The fourth-order valence-electron chi connectivity index (χ4n) is 5.38. The van der Waals surface area contributed by atoms with E-state index >= 15 is 0 Å². The Morgan fingerprint density at radius 2 is 1.91 bits per heavy atom. The maximum absolute atomic E-state index is 11.9. The van der Waals surface area contributed by atoms with Gasteiger partial charge in [0.15, 0.2) is 5.78 Å². The Kier molecular flexibility index (Phi) is 3.52. The number of fused-ring (bicyclic) bond motifs is 1. The Bertz CT molecular complexity index is 533. The number of rotatable bonds is 3. The molecule has 22 heavy (non-hydrogen) atoms. The van der Waals surface area contributed by atoms with Gasteiger partial charge in [0.05, 0.1) is 17.6 Å². The predicted octanol–water partition coefficient (Wildman–Crippen LogP) is 3.21. The summed E-state index contributed by atoms with van der Waals surface area (Å²) in [6.07, 6.45) is 8.16. The van der Waals surface area contributed by atoms with E-state index in [-0.39, 0.29) is 28.6 Å². The monoisotopic (exact) mass is 306 g/mol. The highest BCUT2D eigenvalue weighted by molar-refractivity contribution is 5.87. The minimum absolute atomic E-state index is 0.0401. The van der Waals surface area contributed by atoms with Gasteiger partial charge in [-0.15, -0.1) is 0 Å².